The van der Waals surface area contributed by atoms with E-state index >= 15 is 0 Å². The molecule has 1 saturated carbocycles. The van der Waals surface area contributed by atoms with E-state index in [4.69, 9.17) is 4.98 Å². The second-order valence-corrected chi connectivity index (χ2v) is 8.10. The van der Waals surface area contributed by atoms with Gasteiger partial charge in [-0.05, 0) is 37.6 Å². The third-order valence-electron chi connectivity index (χ3n) is 3.89. The van der Waals surface area contributed by atoms with Gasteiger partial charge in [0.05, 0.1) is 11.2 Å². The maximum Gasteiger partial charge on any atom is 0.206 e. The summed E-state index contributed by atoms with van der Waals surface area (Å²) in [4.78, 5) is 4.78. The van der Waals surface area contributed by atoms with Crippen LogP contribution in [-0.4, -0.2) is 30.8 Å². The van der Waals surface area contributed by atoms with Gasteiger partial charge in [0.15, 0.2) is 9.99 Å². The summed E-state index contributed by atoms with van der Waals surface area (Å²) in [6.07, 6.45) is 2.46. The monoisotopic (exact) mass is 354 g/mol. The molecule has 6 nitrogen and oxygen atoms in total. The Labute approximate surface area is 146 Å². The number of hydrogen-bond donors (Lipinski definition) is 1. The quantitative estimate of drug-likeness (QED) is 0.563. The van der Waals surface area contributed by atoms with Gasteiger partial charge in [-0.2, -0.15) is 5.10 Å². The summed E-state index contributed by atoms with van der Waals surface area (Å²) < 4.78 is 2.80. The fraction of sp³-hybridized carbons (Fsp3) is 0.250. The summed E-state index contributed by atoms with van der Waals surface area (Å²) in [5, 5.41) is 19.4. The van der Waals surface area contributed by atoms with Crippen molar-refractivity contribution in [3.63, 3.8) is 0 Å². The van der Waals surface area contributed by atoms with Crippen LogP contribution in [0.25, 0.3) is 16.6 Å². The third-order valence-corrected chi connectivity index (χ3v) is 5.80. The second-order valence-electron chi connectivity index (χ2n) is 5.88. The number of anilines is 1. The Bertz CT molecular complexity index is 1050. The number of nitrogens with one attached hydrogen (secondary N) is 1. The first-order valence-corrected chi connectivity index (χ1v) is 9.42. The highest BCUT2D eigenvalue weighted by molar-refractivity contribution is 8.01. The molecule has 1 fully saturated rings. The summed E-state index contributed by atoms with van der Waals surface area (Å²) >= 11 is 3.14. The largest absolute Gasteiger partial charge is 0.357 e. The Kier molecular flexibility index (Phi) is 3.20. The van der Waals surface area contributed by atoms with Crippen LogP contribution in [0.4, 0.5) is 5.13 Å². The minimum absolute atomic E-state index is 0.584. The van der Waals surface area contributed by atoms with Crippen molar-refractivity contribution in [2.75, 3.05) is 5.32 Å². The zero-order chi connectivity index (χ0) is 16.1. The first-order chi connectivity index (χ1) is 11.8. The molecule has 0 atom stereocenters. The van der Waals surface area contributed by atoms with E-state index in [1.165, 1.54) is 12.8 Å². The Morgan fingerprint density at radius 3 is 3.00 bits per heavy atom. The molecule has 1 aliphatic carbocycles. The normalized spacial score (nSPS) is 14.5. The second kappa shape index (κ2) is 5.42. The fourth-order valence-electron chi connectivity index (χ4n) is 2.62. The summed E-state index contributed by atoms with van der Waals surface area (Å²) in [7, 11) is 0. The van der Waals surface area contributed by atoms with Gasteiger partial charge in [-0.3, -0.25) is 0 Å². The Hall–Kier alpha value is -2.19. The number of hydrogen-bond acceptors (Lipinski definition) is 7. The minimum atomic E-state index is 0.584. The van der Waals surface area contributed by atoms with Gasteiger partial charge in [0.25, 0.3) is 0 Å². The van der Waals surface area contributed by atoms with Gasteiger partial charge in [0, 0.05) is 17.5 Å². The summed E-state index contributed by atoms with van der Waals surface area (Å²) in [5.41, 5.74) is 2.87. The van der Waals surface area contributed by atoms with Crippen molar-refractivity contribution < 1.29 is 0 Å². The average Bonchev–Trinajstić information content (AvgIpc) is 3.15. The van der Waals surface area contributed by atoms with E-state index in [2.05, 4.69) is 32.7 Å². The molecule has 0 spiro atoms. The number of benzene rings is 1. The molecule has 3 heterocycles. The maximum absolute atomic E-state index is 4.78. The fourth-order valence-corrected chi connectivity index (χ4v) is 4.48. The molecular weight excluding hydrogens is 340 g/mol. The van der Waals surface area contributed by atoms with Gasteiger partial charge in [-0.15, -0.1) is 10.2 Å². The molecule has 8 heteroatoms. The van der Waals surface area contributed by atoms with Gasteiger partial charge in [-0.25, -0.2) is 9.50 Å². The molecule has 1 aromatic carbocycles. The van der Waals surface area contributed by atoms with E-state index in [0.29, 0.717) is 6.04 Å². The van der Waals surface area contributed by atoms with Crippen LogP contribution in [-0.2, 0) is 0 Å². The number of rotatable bonds is 4. The van der Waals surface area contributed by atoms with Gasteiger partial charge < -0.3 is 5.32 Å². The van der Waals surface area contributed by atoms with Crippen LogP contribution >= 0.6 is 23.1 Å². The molecule has 5 rings (SSSR count). The van der Waals surface area contributed by atoms with Crippen molar-refractivity contribution in [2.24, 2.45) is 0 Å². The minimum Gasteiger partial charge on any atom is -0.357 e. The van der Waals surface area contributed by atoms with E-state index < -0.39 is 0 Å². The van der Waals surface area contributed by atoms with Crippen LogP contribution in [0.3, 0.4) is 0 Å². The molecule has 4 aromatic rings. The van der Waals surface area contributed by atoms with Crippen LogP contribution in [0.5, 0.6) is 0 Å². The van der Waals surface area contributed by atoms with Gasteiger partial charge in [0.2, 0.25) is 5.13 Å². The molecular formula is C16H14N6S2. The topological polar surface area (TPSA) is 68.0 Å². The van der Waals surface area contributed by atoms with Crippen molar-refractivity contribution >= 4 is 44.8 Å². The predicted molar refractivity (Wildman–Crippen MR) is 95.9 cm³/mol. The van der Waals surface area contributed by atoms with Crippen molar-refractivity contribution in [3.05, 3.63) is 36.0 Å². The lowest BCUT2D eigenvalue weighted by atomic mass is 10.2. The Balaban J connectivity index is 1.58. The number of fused-ring (bicyclic) bond motifs is 3. The zero-order valence-electron chi connectivity index (χ0n) is 12.9. The highest BCUT2D eigenvalue weighted by Gasteiger charge is 2.22. The number of para-hydroxylation sites is 1. The van der Waals surface area contributed by atoms with Crippen LogP contribution in [0.15, 0.2) is 39.7 Å². The Morgan fingerprint density at radius 1 is 1.25 bits per heavy atom. The molecule has 0 aliphatic heterocycles. The summed E-state index contributed by atoms with van der Waals surface area (Å²) in [5.74, 6) is 0. The molecule has 120 valence electrons. The van der Waals surface area contributed by atoms with E-state index in [9.17, 15) is 0 Å². The van der Waals surface area contributed by atoms with Gasteiger partial charge >= 0.3 is 0 Å². The number of aromatic nitrogens is 5. The lowest BCUT2D eigenvalue weighted by molar-refractivity contribution is 0.940. The number of aryl methyl sites for hydroxylation is 1. The molecule has 1 aliphatic rings. The van der Waals surface area contributed by atoms with Crippen LogP contribution < -0.4 is 5.32 Å². The SMILES string of the molecule is Cc1cc2nc(Sc3nnc(NC4CC4)s3)c3ccccc3n2n1. The molecule has 3 aromatic heterocycles. The lowest BCUT2D eigenvalue weighted by Gasteiger charge is -2.05. The van der Waals surface area contributed by atoms with Crippen LogP contribution in [0.2, 0.25) is 0 Å². The first kappa shape index (κ1) is 14.2. The van der Waals surface area contributed by atoms with E-state index in [1.54, 1.807) is 23.1 Å². The Morgan fingerprint density at radius 2 is 2.12 bits per heavy atom. The average molecular weight is 354 g/mol. The lowest BCUT2D eigenvalue weighted by Crippen LogP contribution is -1.99. The molecule has 24 heavy (non-hydrogen) atoms. The molecule has 0 saturated heterocycles. The molecule has 0 unspecified atom stereocenters. The standard InChI is InChI=1S/C16H14N6S2/c1-9-8-13-18-14(11-4-2-3-5-12(11)22(13)21-9)23-16-20-19-15(24-16)17-10-6-7-10/h2-5,8,10H,6-7H2,1H3,(H,17,19). The van der Waals surface area contributed by atoms with E-state index in [1.807, 2.05) is 29.6 Å². The molecule has 1 N–H and O–H groups in total. The molecule has 0 bridgehead atoms. The van der Waals surface area contributed by atoms with Crippen molar-refractivity contribution in [1.29, 1.82) is 0 Å². The van der Waals surface area contributed by atoms with Gasteiger partial charge in [-0.1, -0.05) is 29.5 Å². The highest BCUT2D eigenvalue weighted by atomic mass is 32.2. The van der Waals surface area contributed by atoms with E-state index in [0.717, 1.165) is 36.7 Å². The summed E-state index contributed by atoms with van der Waals surface area (Å²) in [6.45, 7) is 1.98. The van der Waals surface area contributed by atoms with Gasteiger partial charge in [0.1, 0.15) is 5.03 Å². The smallest absolute Gasteiger partial charge is 0.206 e. The zero-order valence-corrected chi connectivity index (χ0v) is 14.6. The molecule has 0 amide bonds. The van der Waals surface area contributed by atoms with Crippen molar-refractivity contribution in [3.8, 4) is 0 Å². The highest BCUT2D eigenvalue weighted by Crippen LogP contribution is 2.36. The van der Waals surface area contributed by atoms with Crippen LogP contribution in [0, 0.1) is 6.92 Å². The molecule has 0 radical (unpaired) electrons. The summed E-state index contributed by atoms with van der Waals surface area (Å²) in [6, 6.07) is 10.8. The first-order valence-electron chi connectivity index (χ1n) is 7.79. The third kappa shape index (κ3) is 2.51. The van der Waals surface area contributed by atoms with Crippen molar-refractivity contribution in [2.45, 2.75) is 35.2 Å². The van der Waals surface area contributed by atoms with Crippen molar-refractivity contribution in [1.82, 2.24) is 24.8 Å². The predicted octanol–water partition coefficient (Wildman–Crippen LogP) is 3.77. The van der Waals surface area contributed by atoms with E-state index in [-0.39, 0.29) is 0 Å². The van der Waals surface area contributed by atoms with Crippen LogP contribution in [0.1, 0.15) is 18.5 Å². The number of nitrogens with zero attached hydrogens (tertiary/aromatic N) is 5. The maximum atomic E-state index is 4.78.